The summed E-state index contributed by atoms with van der Waals surface area (Å²) in [5.74, 6) is -0.751. The van der Waals surface area contributed by atoms with Gasteiger partial charge in [-0.15, -0.1) is 0 Å². The van der Waals surface area contributed by atoms with Crippen LogP contribution in [0, 0.1) is 5.82 Å². The lowest BCUT2D eigenvalue weighted by molar-refractivity contribution is -0.131. The van der Waals surface area contributed by atoms with Gasteiger partial charge in [0, 0.05) is 37.2 Å². The van der Waals surface area contributed by atoms with Crippen molar-refractivity contribution in [3.05, 3.63) is 65.5 Å². The Morgan fingerprint density at radius 1 is 0.935 bits per heavy atom. The maximum atomic E-state index is 13.0. The summed E-state index contributed by atoms with van der Waals surface area (Å²) in [6.07, 6.45) is 1.18. The molecule has 6 nitrogen and oxygen atoms in total. The maximum absolute atomic E-state index is 13.0. The SMILES string of the molecule is CCN(CC)C(=O)CCCC(=O)NC(C)c1ccc(NC(=O)c2ccc(F)cc2)cc1. The van der Waals surface area contributed by atoms with Crippen LogP contribution in [0.3, 0.4) is 0 Å². The van der Waals surface area contributed by atoms with Gasteiger partial charge in [-0.3, -0.25) is 14.4 Å². The van der Waals surface area contributed by atoms with Crippen molar-refractivity contribution in [3.63, 3.8) is 0 Å². The number of benzene rings is 2. The average molecular weight is 428 g/mol. The van der Waals surface area contributed by atoms with E-state index in [9.17, 15) is 18.8 Å². The lowest BCUT2D eigenvalue weighted by Gasteiger charge is -2.18. The minimum absolute atomic E-state index is 0.0733. The number of hydrogen-bond acceptors (Lipinski definition) is 3. The normalized spacial score (nSPS) is 11.5. The van der Waals surface area contributed by atoms with Crippen LogP contribution >= 0.6 is 0 Å². The summed E-state index contributed by atoms with van der Waals surface area (Å²) in [6, 6.07) is 12.3. The third kappa shape index (κ3) is 7.51. The molecule has 2 aromatic carbocycles. The van der Waals surface area contributed by atoms with Crippen molar-refractivity contribution in [3.8, 4) is 0 Å². The van der Waals surface area contributed by atoms with Crippen LogP contribution < -0.4 is 10.6 Å². The van der Waals surface area contributed by atoms with Crippen LogP contribution in [-0.4, -0.2) is 35.7 Å². The molecule has 31 heavy (non-hydrogen) atoms. The summed E-state index contributed by atoms with van der Waals surface area (Å²) >= 11 is 0. The van der Waals surface area contributed by atoms with Gasteiger partial charge < -0.3 is 15.5 Å². The van der Waals surface area contributed by atoms with Crippen LogP contribution in [0.1, 0.15) is 62.0 Å². The standard InChI is InChI=1S/C24H30FN3O3/c1-4-28(5-2)23(30)8-6-7-22(29)26-17(3)18-11-15-21(16-12-18)27-24(31)19-9-13-20(25)14-10-19/h9-17H,4-8H2,1-3H3,(H,26,29)(H,27,31). The Bertz CT molecular complexity index is 878. The van der Waals surface area contributed by atoms with Crippen LogP contribution in [0.15, 0.2) is 48.5 Å². The van der Waals surface area contributed by atoms with E-state index in [-0.39, 0.29) is 23.8 Å². The monoisotopic (exact) mass is 427 g/mol. The van der Waals surface area contributed by atoms with Crippen LogP contribution in [-0.2, 0) is 9.59 Å². The molecule has 2 aromatic rings. The molecule has 0 aliphatic carbocycles. The average Bonchev–Trinajstić information content (AvgIpc) is 2.75. The molecule has 0 fully saturated rings. The van der Waals surface area contributed by atoms with Gasteiger partial charge in [-0.2, -0.15) is 0 Å². The second-order valence-corrected chi connectivity index (χ2v) is 7.29. The molecule has 1 atom stereocenters. The van der Waals surface area contributed by atoms with E-state index in [0.29, 0.717) is 43.6 Å². The summed E-state index contributed by atoms with van der Waals surface area (Å²) in [7, 11) is 0. The zero-order valence-corrected chi connectivity index (χ0v) is 18.3. The number of halogens is 1. The largest absolute Gasteiger partial charge is 0.350 e. The van der Waals surface area contributed by atoms with Crippen LogP contribution in [0.2, 0.25) is 0 Å². The number of carbonyl (C=O) groups excluding carboxylic acids is 3. The van der Waals surface area contributed by atoms with Crippen LogP contribution in [0.5, 0.6) is 0 Å². The third-order valence-corrected chi connectivity index (χ3v) is 5.06. The topological polar surface area (TPSA) is 78.5 Å². The Balaban J connectivity index is 1.81. The molecular formula is C24H30FN3O3. The van der Waals surface area contributed by atoms with Crippen molar-refractivity contribution in [1.82, 2.24) is 10.2 Å². The van der Waals surface area contributed by atoms with Gasteiger partial charge in [0.05, 0.1) is 6.04 Å². The van der Waals surface area contributed by atoms with Crippen molar-refractivity contribution in [1.29, 1.82) is 0 Å². The highest BCUT2D eigenvalue weighted by atomic mass is 19.1. The van der Waals surface area contributed by atoms with Crippen molar-refractivity contribution < 1.29 is 18.8 Å². The Morgan fingerprint density at radius 3 is 2.13 bits per heavy atom. The van der Waals surface area contributed by atoms with Crippen molar-refractivity contribution >= 4 is 23.4 Å². The van der Waals surface area contributed by atoms with Gasteiger partial charge in [0.1, 0.15) is 5.82 Å². The molecule has 166 valence electrons. The van der Waals surface area contributed by atoms with Gasteiger partial charge in [-0.1, -0.05) is 12.1 Å². The Morgan fingerprint density at radius 2 is 1.55 bits per heavy atom. The number of hydrogen-bond donors (Lipinski definition) is 2. The first-order chi connectivity index (χ1) is 14.8. The first-order valence-corrected chi connectivity index (χ1v) is 10.6. The molecule has 0 aliphatic heterocycles. The maximum Gasteiger partial charge on any atom is 0.255 e. The number of anilines is 1. The molecule has 1 unspecified atom stereocenters. The van der Waals surface area contributed by atoms with Crippen molar-refractivity contribution in [2.75, 3.05) is 18.4 Å². The van der Waals surface area contributed by atoms with Gasteiger partial charge in [0.25, 0.3) is 5.91 Å². The number of nitrogens with one attached hydrogen (secondary N) is 2. The van der Waals surface area contributed by atoms with Crippen molar-refractivity contribution in [2.24, 2.45) is 0 Å². The highest BCUT2D eigenvalue weighted by Gasteiger charge is 2.13. The quantitative estimate of drug-likeness (QED) is 0.594. The summed E-state index contributed by atoms with van der Waals surface area (Å²) in [5, 5.41) is 5.69. The highest BCUT2D eigenvalue weighted by molar-refractivity contribution is 6.04. The molecule has 0 heterocycles. The van der Waals surface area contributed by atoms with Crippen molar-refractivity contribution in [2.45, 2.75) is 46.1 Å². The highest BCUT2D eigenvalue weighted by Crippen LogP contribution is 2.17. The van der Waals surface area contributed by atoms with E-state index in [1.54, 1.807) is 17.0 Å². The number of carbonyl (C=O) groups is 3. The minimum atomic E-state index is -0.396. The van der Waals surface area contributed by atoms with E-state index >= 15 is 0 Å². The smallest absolute Gasteiger partial charge is 0.255 e. The fraction of sp³-hybridized carbons (Fsp3) is 0.375. The van der Waals surface area contributed by atoms with E-state index in [2.05, 4.69) is 10.6 Å². The molecule has 7 heteroatoms. The number of amides is 3. The second-order valence-electron chi connectivity index (χ2n) is 7.29. The lowest BCUT2D eigenvalue weighted by Crippen LogP contribution is -2.31. The Hall–Kier alpha value is -3.22. The Kier molecular flexibility index (Phi) is 9.18. The zero-order chi connectivity index (χ0) is 22.8. The Labute approximate surface area is 182 Å². The molecule has 0 aromatic heterocycles. The van der Waals surface area contributed by atoms with Crippen LogP contribution in [0.25, 0.3) is 0 Å². The van der Waals surface area contributed by atoms with Gasteiger partial charge in [-0.25, -0.2) is 4.39 Å². The predicted octanol–water partition coefficient (Wildman–Crippen LogP) is 4.29. The molecule has 0 saturated carbocycles. The summed E-state index contributed by atoms with van der Waals surface area (Å²) < 4.78 is 13.0. The number of rotatable bonds is 10. The van der Waals surface area contributed by atoms with Gasteiger partial charge in [0.2, 0.25) is 11.8 Å². The summed E-state index contributed by atoms with van der Waals surface area (Å²) in [6.45, 7) is 7.12. The van der Waals surface area contributed by atoms with E-state index in [1.807, 2.05) is 32.9 Å². The van der Waals surface area contributed by atoms with E-state index in [4.69, 9.17) is 0 Å². The molecule has 2 N–H and O–H groups in total. The molecule has 2 rings (SSSR count). The molecule has 3 amide bonds. The fourth-order valence-corrected chi connectivity index (χ4v) is 3.19. The first-order valence-electron chi connectivity index (χ1n) is 10.6. The molecular weight excluding hydrogens is 397 g/mol. The van der Waals surface area contributed by atoms with E-state index in [0.717, 1.165) is 5.56 Å². The van der Waals surface area contributed by atoms with Crippen LogP contribution in [0.4, 0.5) is 10.1 Å². The second kappa shape index (κ2) is 11.8. The van der Waals surface area contributed by atoms with E-state index in [1.165, 1.54) is 24.3 Å². The van der Waals surface area contributed by atoms with Gasteiger partial charge >= 0.3 is 0 Å². The first kappa shape index (κ1) is 24.1. The molecule has 0 bridgehead atoms. The van der Waals surface area contributed by atoms with Gasteiger partial charge in [-0.05, 0) is 69.2 Å². The molecule has 0 saturated heterocycles. The molecule has 0 spiro atoms. The predicted molar refractivity (Wildman–Crippen MR) is 119 cm³/mol. The van der Waals surface area contributed by atoms with Gasteiger partial charge in [0.15, 0.2) is 0 Å². The third-order valence-electron chi connectivity index (χ3n) is 5.06. The lowest BCUT2D eigenvalue weighted by atomic mass is 10.1. The minimum Gasteiger partial charge on any atom is -0.350 e. The summed E-state index contributed by atoms with van der Waals surface area (Å²) in [5.41, 5.74) is 1.87. The molecule has 0 radical (unpaired) electrons. The number of nitrogens with zero attached hydrogens (tertiary/aromatic N) is 1. The van der Waals surface area contributed by atoms with E-state index < -0.39 is 5.82 Å². The molecule has 0 aliphatic rings. The fourth-order valence-electron chi connectivity index (χ4n) is 3.19. The zero-order valence-electron chi connectivity index (χ0n) is 18.3. The summed E-state index contributed by atoms with van der Waals surface area (Å²) in [4.78, 5) is 38.1.